The van der Waals surface area contributed by atoms with E-state index in [9.17, 15) is 38.4 Å². The summed E-state index contributed by atoms with van der Waals surface area (Å²) in [5.74, 6) is -3.01. The molecule has 0 fully saturated rings. The zero-order valence-electron chi connectivity index (χ0n) is 42.3. The lowest BCUT2D eigenvalue weighted by molar-refractivity contribution is -0.151. The monoisotopic (exact) mass is 1100 g/mol. The number of alkyl halides is 1. The number of rotatable bonds is 29. The Morgan fingerprint density at radius 2 is 1.06 bits per heavy atom. The second-order valence-electron chi connectivity index (χ2n) is 17.9. The van der Waals surface area contributed by atoms with Crippen LogP contribution in [0.25, 0.3) is 0 Å². The van der Waals surface area contributed by atoms with Gasteiger partial charge in [0.25, 0.3) is 0 Å². The van der Waals surface area contributed by atoms with E-state index in [4.69, 9.17) is 0 Å². The third-order valence-corrected chi connectivity index (χ3v) is 13.9. The molecule has 0 aromatic heterocycles. The van der Waals surface area contributed by atoms with Crippen molar-refractivity contribution in [3.8, 4) is 0 Å². The number of hydrogen-bond donors (Lipinski definition) is 3. The molecule has 0 spiro atoms. The first-order valence-electron chi connectivity index (χ1n) is 24.1. The van der Waals surface area contributed by atoms with E-state index >= 15 is 0 Å². The Balaban J connectivity index is 1.82. The van der Waals surface area contributed by atoms with Gasteiger partial charge in [-0.1, -0.05) is 161 Å². The first-order chi connectivity index (χ1) is 33.4. The first kappa shape index (κ1) is 59.0. The third-order valence-electron chi connectivity index (χ3n) is 12.3. The van der Waals surface area contributed by atoms with Crippen LogP contribution in [0.15, 0.2) is 91.0 Å². The summed E-state index contributed by atoms with van der Waals surface area (Å²) < 4.78 is 0.197. The Kier molecular flexibility index (Phi) is 25.7. The van der Waals surface area contributed by atoms with E-state index in [2.05, 4.69) is 16.0 Å². The minimum absolute atomic E-state index is 0.125. The summed E-state index contributed by atoms with van der Waals surface area (Å²) in [6, 6.07) is 22.1. The van der Waals surface area contributed by atoms with Crippen molar-refractivity contribution in [2.75, 3.05) is 50.7 Å². The number of Topliss-reactive ketones (excluding diaryl/α,β-unsaturated/α-hetero) is 1. The quantitative estimate of drug-likeness (QED) is 0.0627. The second kappa shape index (κ2) is 30.4. The van der Waals surface area contributed by atoms with Crippen molar-refractivity contribution >= 4 is 81.5 Å². The molecule has 3 rings (SSSR count). The van der Waals surface area contributed by atoms with E-state index in [0.29, 0.717) is 19.3 Å². The Morgan fingerprint density at radius 1 is 0.571 bits per heavy atom. The molecular weight excluding hydrogens is 1020 g/mol. The second-order valence-corrected chi connectivity index (χ2v) is 20.0. The molecule has 17 heteroatoms. The fraction of sp³-hybridized carbons (Fsp3) is 0.509. The molecule has 0 aliphatic rings. The van der Waals surface area contributed by atoms with Gasteiger partial charge < -0.3 is 35.6 Å². The molecule has 15 nitrogen and oxygen atoms in total. The van der Waals surface area contributed by atoms with Crippen molar-refractivity contribution in [3.05, 3.63) is 108 Å². The maximum Gasteiger partial charge on any atom is 0.246 e. The number of hydrogen-bond acceptors (Lipinski definition) is 9. The molecular formula is C53H74IN7O8S. The van der Waals surface area contributed by atoms with Gasteiger partial charge in [-0.15, -0.1) is 0 Å². The Bertz CT molecular complexity index is 2170. The highest BCUT2D eigenvalue weighted by atomic mass is 127. The number of ketones is 1. The highest BCUT2D eigenvalue weighted by molar-refractivity contribution is 14.1. The number of nitrogens with zero attached hydrogens (tertiary/aromatic N) is 4. The zero-order chi connectivity index (χ0) is 51.9. The van der Waals surface area contributed by atoms with Crippen molar-refractivity contribution in [2.24, 2.45) is 5.92 Å². The van der Waals surface area contributed by atoms with Gasteiger partial charge in [-0.3, -0.25) is 38.4 Å². The Hall–Kier alpha value is -5.30. The molecule has 0 bridgehead atoms. The molecule has 0 saturated heterocycles. The lowest BCUT2D eigenvalue weighted by Crippen LogP contribution is -2.59. The first-order valence-corrected chi connectivity index (χ1v) is 26.8. The summed E-state index contributed by atoms with van der Waals surface area (Å²) in [5, 5.41) is 8.46. The summed E-state index contributed by atoms with van der Waals surface area (Å²) in [6.07, 6.45) is 2.38. The minimum Gasteiger partial charge on any atom is -0.343 e. The van der Waals surface area contributed by atoms with Crippen LogP contribution in [-0.2, 0) is 57.6 Å². The van der Waals surface area contributed by atoms with Gasteiger partial charge in [0.2, 0.25) is 41.4 Å². The van der Waals surface area contributed by atoms with Crippen molar-refractivity contribution in [3.63, 3.8) is 0 Å². The van der Waals surface area contributed by atoms with Gasteiger partial charge in [0, 0.05) is 41.0 Å². The average Bonchev–Trinajstić information content (AvgIpc) is 3.36. The van der Waals surface area contributed by atoms with E-state index in [1.807, 2.05) is 127 Å². The molecule has 0 heterocycles. The summed E-state index contributed by atoms with van der Waals surface area (Å²) in [4.78, 5) is 117. The highest BCUT2D eigenvalue weighted by Gasteiger charge is 2.39. The maximum atomic E-state index is 14.8. The van der Waals surface area contributed by atoms with Crippen LogP contribution in [0.2, 0.25) is 0 Å². The lowest BCUT2D eigenvalue weighted by Gasteiger charge is -2.37. The summed E-state index contributed by atoms with van der Waals surface area (Å²) in [6.45, 7) is 8.76. The van der Waals surface area contributed by atoms with Gasteiger partial charge in [0.15, 0.2) is 5.78 Å². The van der Waals surface area contributed by atoms with Crippen LogP contribution >= 0.6 is 34.4 Å². The van der Waals surface area contributed by atoms with Crippen LogP contribution in [0.3, 0.4) is 0 Å². The Labute approximate surface area is 433 Å². The van der Waals surface area contributed by atoms with Crippen molar-refractivity contribution in [1.29, 1.82) is 0 Å². The molecule has 3 N–H and O–H groups in total. The molecule has 0 saturated carbocycles. The molecule has 70 heavy (non-hydrogen) atoms. The van der Waals surface area contributed by atoms with E-state index in [1.54, 1.807) is 34.9 Å². The number of thioether (sulfide) groups is 1. The molecule has 7 amide bonds. The lowest BCUT2D eigenvalue weighted by atomic mass is 9.98. The summed E-state index contributed by atoms with van der Waals surface area (Å²) >= 11 is 3.42. The van der Waals surface area contributed by atoms with Crippen LogP contribution in [-0.4, -0.2) is 154 Å². The molecule has 0 aliphatic heterocycles. The fourth-order valence-electron chi connectivity index (χ4n) is 8.05. The number of likely N-dealkylation sites (N-methyl/N-ethyl adjacent to an activating group) is 4. The number of benzene rings is 3. The summed E-state index contributed by atoms with van der Waals surface area (Å²) in [5.41, 5.74) is 2.50. The van der Waals surface area contributed by atoms with Crippen LogP contribution in [0, 0.1) is 5.92 Å². The van der Waals surface area contributed by atoms with Gasteiger partial charge in [0.1, 0.15) is 30.2 Å². The largest absolute Gasteiger partial charge is 0.343 e. The number of carbonyl (C=O) groups excluding carboxylic acids is 8. The van der Waals surface area contributed by atoms with E-state index in [1.165, 1.54) is 45.5 Å². The normalized spacial score (nSPS) is 13.6. The van der Waals surface area contributed by atoms with Crippen molar-refractivity contribution in [1.82, 2.24) is 35.6 Å². The third kappa shape index (κ3) is 18.1. The number of nitrogens with one attached hydrogen (secondary N) is 3. The highest BCUT2D eigenvalue weighted by Crippen LogP contribution is 2.20. The van der Waals surface area contributed by atoms with E-state index in [0.717, 1.165) is 22.4 Å². The maximum absolute atomic E-state index is 14.8. The fourth-order valence-corrected chi connectivity index (χ4v) is 9.03. The standard InChI is InChI=1S/C53H74IN7O8S/c1-10-13-29-42(59(7)52(68)44(32-39-27-21-16-22-28-39)61(9)50(66)41(56-47(64)35-70-12-3)30-37-23-17-14-18-24-37)51(67)58(6)34-46(63)55-40(11-2)49(65)57-48(36(4)5)53(69)60(8)43(45(62)33-54)31-38-25-19-15-20-26-38/h14-28,36,40-44,48H,10-13,29-35H2,1-9H3,(H,55,63)(H,56,64)(H,57,65)/t40-,41-,42-,43-,44-,48-/m0/s1. The molecule has 0 unspecified atom stereocenters. The molecule has 382 valence electrons. The van der Waals surface area contributed by atoms with E-state index < -0.39 is 78.2 Å². The van der Waals surface area contributed by atoms with Crippen molar-refractivity contribution in [2.45, 2.75) is 116 Å². The topological polar surface area (TPSA) is 186 Å². The molecule has 0 aliphatic carbocycles. The van der Waals surface area contributed by atoms with Gasteiger partial charge >= 0.3 is 0 Å². The molecule has 3 aromatic carbocycles. The van der Waals surface area contributed by atoms with Crippen LogP contribution in [0.4, 0.5) is 0 Å². The number of carbonyl (C=O) groups is 8. The minimum atomic E-state index is -1.07. The van der Waals surface area contributed by atoms with Gasteiger partial charge in [-0.25, -0.2) is 0 Å². The summed E-state index contributed by atoms with van der Waals surface area (Å²) in [7, 11) is 6.09. The van der Waals surface area contributed by atoms with Gasteiger partial charge in [-0.2, -0.15) is 11.8 Å². The SMILES string of the molecule is CCCC[C@@H](C(=O)N(C)CC(=O)N[C@@H](CC)C(=O)N[C@H](C(=O)N(C)[C@@H](Cc1ccccc1)C(=O)CI)C(C)C)N(C)C(=O)[C@H](Cc1ccccc1)N(C)C(=O)[C@H](Cc1ccccc1)NC(=O)CSCC. The molecule has 3 aromatic rings. The average molecular weight is 1100 g/mol. The van der Waals surface area contributed by atoms with Crippen LogP contribution in [0.5, 0.6) is 0 Å². The predicted molar refractivity (Wildman–Crippen MR) is 285 cm³/mol. The van der Waals surface area contributed by atoms with Crippen molar-refractivity contribution < 1.29 is 38.4 Å². The zero-order valence-corrected chi connectivity index (χ0v) is 45.3. The number of unbranched alkanes of at least 4 members (excludes halogenated alkanes) is 1. The molecule has 6 atom stereocenters. The van der Waals surface area contributed by atoms with Crippen LogP contribution < -0.4 is 16.0 Å². The van der Waals surface area contributed by atoms with Gasteiger partial charge in [0.05, 0.1) is 22.8 Å². The number of amides is 7. The smallest absolute Gasteiger partial charge is 0.246 e. The number of halogens is 1. The van der Waals surface area contributed by atoms with E-state index in [-0.39, 0.29) is 53.5 Å². The predicted octanol–water partition coefficient (Wildman–Crippen LogP) is 5.12. The Morgan fingerprint density at radius 3 is 1.54 bits per heavy atom. The molecule has 0 radical (unpaired) electrons. The van der Waals surface area contributed by atoms with Crippen LogP contribution in [0.1, 0.15) is 77.0 Å². The van der Waals surface area contributed by atoms with Gasteiger partial charge in [-0.05, 0) is 47.6 Å².